The van der Waals surface area contributed by atoms with Crippen LogP contribution in [0.15, 0.2) is 23.4 Å². The number of fused-ring (bicyclic) bond motifs is 2. The summed E-state index contributed by atoms with van der Waals surface area (Å²) in [6.07, 6.45) is 1.28. The minimum Gasteiger partial charge on any atom is -0.454 e. The molecule has 4 rings (SSSR count). The molecule has 1 aliphatic carbocycles. The van der Waals surface area contributed by atoms with Gasteiger partial charge in [0.25, 0.3) is 0 Å². The zero-order valence-corrected chi connectivity index (χ0v) is 12.7. The van der Waals surface area contributed by atoms with Crippen molar-refractivity contribution in [2.45, 2.75) is 31.7 Å². The van der Waals surface area contributed by atoms with Gasteiger partial charge in [-0.25, -0.2) is 9.97 Å². The summed E-state index contributed by atoms with van der Waals surface area (Å²) in [6, 6.07) is 5.34. The van der Waals surface area contributed by atoms with Gasteiger partial charge in [-0.15, -0.1) is 0 Å². The second kappa shape index (κ2) is 5.19. The molecule has 0 saturated carbocycles. The van der Waals surface area contributed by atoms with Crippen LogP contribution >= 0.6 is 0 Å². The van der Waals surface area contributed by atoms with Crippen molar-refractivity contribution in [1.82, 2.24) is 9.97 Å². The number of ether oxygens (including phenoxy) is 2. The predicted molar refractivity (Wildman–Crippen MR) is 83.3 cm³/mol. The van der Waals surface area contributed by atoms with E-state index in [1.165, 1.54) is 0 Å². The Morgan fingerprint density at radius 2 is 2.17 bits per heavy atom. The highest BCUT2D eigenvalue weighted by Crippen LogP contribution is 2.46. The largest absolute Gasteiger partial charge is 0.454 e. The normalized spacial score (nSPS) is 21.8. The van der Waals surface area contributed by atoms with E-state index >= 15 is 0 Å². The molecule has 2 aliphatic rings. The highest BCUT2D eigenvalue weighted by molar-refractivity contribution is 5.51. The van der Waals surface area contributed by atoms with Gasteiger partial charge < -0.3 is 15.2 Å². The van der Waals surface area contributed by atoms with Gasteiger partial charge in [0, 0.05) is 16.8 Å². The zero-order valence-electron chi connectivity index (χ0n) is 12.7. The number of rotatable bonds is 2. The maximum Gasteiger partial charge on any atom is 0.231 e. The van der Waals surface area contributed by atoms with Gasteiger partial charge >= 0.3 is 0 Å². The van der Waals surface area contributed by atoms with Crippen LogP contribution in [0.4, 0.5) is 5.95 Å². The number of aromatic nitrogens is 2. The monoisotopic (exact) mass is 312 g/mol. The van der Waals surface area contributed by atoms with Gasteiger partial charge in [0.1, 0.15) is 6.04 Å². The predicted octanol–water partition coefficient (Wildman–Crippen LogP) is 2.63. The summed E-state index contributed by atoms with van der Waals surface area (Å²) in [5, 5.41) is 3.31. The van der Waals surface area contributed by atoms with E-state index in [1.54, 1.807) is 0 Å². The van der Waals surface area contributed by atoms with E-state index in [4.69, 9.17) is 15.2 Å². The quantitative estimate of drug-likeness (QED) is 0.856. The molecule has 0 bridgehead atoms. The minimum atomic E-state index is -0.470. The average molecular weight is 312 g/mol. The van der Waals surface area contributed by atoms with E-state index in [-0.39, 0.29) is 18.7 Å². The first-order valence-corrected chi connectivity index (χ1v) is 7.51. The van der Waals surface area contributed by atoms with Gasteiger partial charge in [-0.1, -0.05) is 17.3 Å². The van der Waals surface area contributed by atoms with Crippen LogP contribution < -0.4 is 15.2 Å². The van der Waals surface area contributed by atoms with Crippen LogP contribution in [0.25, 0.3) is 0 Å². The lowest BCUT2D eigenvalue weighted by Gasteiger charge is -2.28. The van der Waals surface area contributed by atoms with E-state index in [0.717, 1.165) is 34.0 Å². The maximum absolute atomic E-state index is 11.4. The Morgan fingerprint density at radius 3 is 3.00 bits per heavy atom. The third kappa shape index (κ3) is 2.19. The molecule has 2 N–H and O–H groups in total. The van der Waals surface area contributed by atoms with Crippen LogP contribution in [0.2, 0.25) is 0 Å². The van der Waals surface area contributed by atoms with E-state index in [0.29, 0.717) is 12.8 Å². The standard InChI is InChI=1S/C16H16N4O3/c1-8-14-11(19-16(17)18-8)5-9(6-12(14)20-21)10-3-2-4-13-15(10)23-7-22-13/h2-4,9,12H,5-7H2,1H3,(H2,17,18,19). The number of nitrogen functional groups attached to an aromatic ring is 1. The fraction of sp³-hybridized carbons (Fsp3) is 0.375. The van der Waals surface area contributed by atoms with Gasteiger partial charge in [0.2, 0.25) is 12.7 Å². The Balaban J connectivity index is 1.79. The van der Waals surface area contributed by atoms with Crippen LogP contribution in [0.1, 0.15) is 40.9 Å². The molecule has 1 aromatic heterocycles. The molecule has 1 aromatic carbocycles. The molecule has 2 heterocycles. The summed E-state index contributed by atoms with van der Waals surface area (Å²) in [4.78, 5) is 19.9. The molecular formula is C16H16N4O3. The van der Waals surface area contributed by atoms with Gasteiger partial charge in [-0.3, -0.25) is 0 Å². The molecule has 0 amide bonds. The van der Waals surface area contributed by atoms with Crippen molar-refractivity contribution in [2.24, 2.45) is 5.18 Å². The summed E-state index contributed by atoms with van der Waals surface area (Å²) >= 11 is 0. The second-order valence-electron chi connectivity index (χ2n) is 5.87. The number of nitrogens with zero attached hydrogens (tertiary/aromatic N) is 3. The number of nitroso groups, excluding NO2 is 1. The summed E-state index contributed by atoms with van der Waals surface area (Å²) < 4.78 is 11.0. The summed E-state index contributed by atoms with van der Waals surface area (Å²) in [6.45, 7) is 2.06. The number of benzene rings is 1. The lowest BCUT2D eigenvalue weighted by atomic mass is 9.79. The Hall–Kier alpha value is -2.70. The molecular weight excluding hydrogens is 296 g/mol. The van der Waals surface area contributed by atoms with E-state index in [1.807, 2.05) is 25.1 Å². The average Bonchev–Trinajstić information content (AvgIpc) is 3.01. The van der Waals surface area contributed by atoms with Crippen LogP contribution in [-0.2, 0) is 6.42 Å². The molecule has 2 unspecified atom stereocenters. The van der Waals surface area contributed by atoms with Crippen molar-refractivity contribution in [1.29, 1.82) is 0 Å². The number of hydrogen-bond acceptors (Lipinski definition) is 7. The molecule has 23 heavy (non-hydrogen) atoms. The lowest BCUT2D eigenvalue weighted by Crippen LogP contribution is -2.21. The number of anilines is 1. The first-order valence-electron chi connectivity index (χ1n) is 7.51. The van der Waals surface area contributed by atoms with Gasteiger partial charge in [0.15, 0.2) is 11.5 Å². The Kier molecular flexibility index (Phi) is 3.14. The highest BCUT2D eigenvalue weighted by Gasteiger charge is 2.34. The summed E-state index contributed by atoms with van der Waals surface area (Å²) in [7, 11) is 0. The smallest absolute Gasteiger partial charge is 0.231 e. The molecule has 2 atom stereocenters. The lowest BCUT2D eigenvalue weighted by molar-refractivity contribution is 0.172. The number of aryl methyl sites for hydroxylation is 1. The van der Waals surface area contributed by atoms with Gasteiger partial charge in [-0.05, 0) is 31.7 Å². The first-order chi connectivity index (χ1) is 11.2. The molecule has 7 heteroatoms. The van der Waals surface area contributed by atoms with Crippen LogP contribution in [0.3, 0.4) is 0 Å². The summed E-state index contributed by atoms with van der Waals surface area (Å²) in [5.74, 6) is 1.80. The zero-order chi connectivity index (χ0) is 16.0. The Labute approximate surface area is 132 Å². The molecule has 0 spiro atoms. The van der Waals surface area contributed by atoms with E-state index in [2.05, 4.69) is 15.1 Å². The maximum atomic E-state index is 11.4. The van der Waals surface area contributed by atoms with Crippen LogP contribution in [0.5, 0.6) is 11.5 Å². The number of para-hydroxylation sites is 1. The fourth-order valence-corrected chi connectivity index (χ4v) is 3.56. The third-order valence-corrected chi connectivity index (χ3v) is 4.51. The van der Waals surface area contributed by atoms with Gasteiger partial charge in [0.05, 0.1) is 5.69 Å². The van der Waals surface area contributed by atoms with Crippen molar-refractivity contribution in [3.05, 3.63) is 45.6 Å². The molecule has 118 valence electrons. The van der Waals surface area contributed by atoms with Crippen molar-refractivity contribution in [3.8, 4) is 11.5 Å². The fourth-order valence-electron chi connectivity index (χ4n) is 3.56. The van der Waals surface area contributed by atoms with E-state index < -0.39 is 6.04 Å². The SMILES string of the molecule is Cc1nc(N)nc2c1C(N=O)CC(c1cccc3c1OCO3)C2. The topological polar surface area (TPSA) is 99.7 Å². The van der Waals surface area contributed by atoms with Crippen LogP contribution in [0, 0.1) is 11.8 Å². The molecule has 2 aromatic rings. The Bertz CT molecular complexity index is 793. The number of hydrogen-bond donors (Lipinski definition) is 1. The van der Waals surface area contributed by atoms with Crippen molar-refractivity contribution >= 4 is 5.95 Å². The van der Waals surface area contributed by atoms with E-state index in [9.17, 15) is 4.91 Å². The van der Waals surface area contributed by atoms with Crippen molar-refractivity contribution in [2.75, 3.05) is 12.5 Å². The molecule has 1 aliphatic heterocycles. The second-order valence-corrected chi connectivity index (χ2v) is 5.87. The minimum absolute atomic E-state index is 0.0792. The van der Waals surface area contributed by atoms with Gasteiger partial charge in [-0.2, -0.15) is 4.91 Å². The molecule has 0 saturated heterocycles. The van der Waals surface area contributed by atoms with Crippen molar-refractivity contribution < 1.29 is 9.47 Å². The number of nitrogens with two attached hydrogens (primary N) is 1. The van der Waals surface area contributed by atoms with Crippen LogP contribution in [-0.4, -0.2) is 16.8 Å². The molecule has 7 nitrogen and oxygen atoms in total. The van der Waals surface area contributed by atoms with Crippen molar-refractivity contribution in [3.63, 3.8) is 0 Å². The highest BCUT2D eigenvalue weighted by atomic mass is 16.7. The summed E-state index contributed by atoms with van der Waals surface area (Å²) in [5.41, 5.74) is 9.13. The Morgan fingerprint density at radius 1 is 1.30 bits per heavy atom. The first kappa shape index (κ1) is 13.9. The molecule has 0 radical (unpaired) electrons. The third-order valence-electron chi connectivity index (χ3n) is 4.51. The molecule has 0 fully saturated rings.